The summed E-state index contributed by atoms with van der Waals surface area (Å²) in [5.74, 6) is -0.278. The average molecular weight is 436 g/mol. The molecule has 1 aromatic heterocycles. The quantitative estimate of drug-likeness (QED) is 0.507. The first kappa shape index (κ1) is 20.6. The van der Waals surface area contributed by atoms with Gasteiger partial charge in [0.25, 0.3) is 5.56 Å². The molecular formula is C21H17Cl3N2O2. The van der Waals surface area contributed by atoms with Crippen molar-refractivity contribution in [3.63, 3.8) is 0 Å². The lowest BCUT2D eigenvalue weighted by atomic mass is 9.96. The first-order valence-corrected chi connectivity index (χ1v) is 9.79. The molecule has 3 aromatic rings. The van der Waals surface area contributed by atoms with Crippen molar-refractivity contribution in [1.29, 1.82) is 0 Å². The molecule has 0 unspecified atom stereocenters. The Morgan fingerprint density at radius 1 is 1.04 bits per heavy atom. The van der Waals surface area contributed by atoms with E-state index in [9.17, 15) is 9.59 Å². The number of nitrogens with zero attached hydrogens (tertiary/aromatic N) is 2. The molecule has 0 bridgehead atoms. The van der Waals surface area contributed by atoms with Crippen LogP contribution in [0.1, 0.15) is 39.7 Å². The van der Waals surface area contributed by atoms with Gasteiger partial charge in [-0.2, -0.15) is 5.10 Å². The molecule has 0 aliphatic rings. The summed E-state index contributed by atoms with van der Waals surface area (Å²) in [6.07, 6.45) is 0.495. The molecule has 0 aliphatic carbocycles. The fourth-order valence-corrected chi connectivity index (χ4v) is 3.90. The highest BCUT2D eigenvalue weighted by atomic mass is 35.5. The van der Waals surface area contributed by atoms with Gasteiger partial charge in [-0.25, -0.2) is 4.68 Å². The summed E-state index contributed by atoms with van der Waals surface area (Å²) in [7, 11) is 0. The zero-order chi connectivity index (χ0) is 20.4. The second kappa shape index (κ2) is 8.48. The molecule has 28 heavy (non-hydrogen) atoms. The molecule has 7 heteroatoms. The zero-order valence-electron chi connectivity index (χ0n) is 15.3. The van der Waals surface area contributed by atoms with Gasteiger partial charge in [0.2, 0.25) is 0 Å². The topological polar surface area (TPSA) is 52.0 Å². The number of benzene rings is 2. The molecule has 3 rings (SSSR count). The first-order chi connectivity index (χ1) is 13.3. The van der Waals surface area contributed by atoms with E-state index in [4.69, 9.17) is 34.8 Å². The Morgan fingerprint density at radius 2 is 1.71 bits per heavy atom. The van der Waals surface area contributed by atoms with Gasteiger partial charge in [-0.1, -0.05) is 46.9 Å². The summed E-state index contributed by atoms with van der Waals surface area (Å²) >= 11 is 18.3. The number of hydrogen-bond acceptors (Lipinski definition) is 3. The first-order valence-electron chi connectivity index (χ1n) is 8.66. The smallest absolute Gasteiger partial charge is 0.266 e. The van der Waals surface area contributed by atoms with Gasteiger partial charge in [0, 0.05) is 29.6 Å². The van der Waals surface area contributed by atoms with Crippen LogP contribution in [0.2, 0.25) is 15.1 Å². The molecule has 144 valence electrons. The van der Waals surface area contributed by atoms with Crippen LogP contribution >= 0.6 is 34.8 Å². The second-order valence-electron chi connectivity index (χ2n) is 6.37. The molecule has 0 N–H and O–H groups in total. The van der Waals surface area contributed by atoms with Crippen molar-refractivity contribution in [1.82, 2.24) is 9.78 Å². The number of aryl methyl sites for hydroxylation is 2. The summed E-state index contributed by atoms with van der Waals surface area (Å²) < 4.78 is 1.41. The van der Waals surface area contributed by atoms with Crippen LogP contribution in [-0.4, -0.2) is 15.6 Å². The Kier molecular flexibility index (Phi) is 6.23. The Bertz CT molecular complexity index is 1100. The minimum Gasteiger partial charge on any atom is -0.288 e. The molecule has 0 radical (unpaired) electrons. The highest BCUT2D eigenvalue weighted by Gasteiger charge is 2.19. The van der Waals surface area contributed by atoms with E-state index >= 15 is 0 Å². The van der Waals surface area contributed by atoms with E-state index in [1.165, 1.54) is 22.9 Å². The van der Waals surface area contributed by atoms with E-state index in [0.717, 1.165) is 16.8 Å². The van der Waals surface area contributed by atoms with Crippen molar-refractivity contribution < 1.29 is 4.79 Å². The second-order valence-corrected chi connectivity index (χ2v) is 7.62. The summed E-state index contributed by atoms with van der Waals surface area (Å²) in [6.45, 7) is 4.32. The van der Waals surface area contributed by atoms with Crippen molar-refractivity contribution in [3.8, 4) is 0 Å². The number of hydrogen-bond donors (Lipinski definition) is 0. The van der Waals surface area contributed by atoms with Crippen LogP contribution in [-0.2, 0) is 13.0 Å². The predicted molar refractivity (Wildman–Crippen MR) is 113 cm³/mol. The minimum absolute atomic E-state index is 0.140. The summed E-state index contributed by atoms with van der Waals surface area (Å²) in [6, 6.07) is 11.6. The maximum atomic E-state index is 13.0. The summed E-state index contributed by atoms with van der Waals surface area (Å²) in [4.78, 5) is 24.7. The van der Waals surface area contributed by atoms with Gasteiger partial charge in [0.1, 0.15) is 0 Å². The Morgan fingerprint density at radius 3 is 2.36 bits per heavy atom. The number of halogens is 3. The Balaban J connectivity index is 1.98. The number of ketones is 1. The fraction of sp³-hybridized carbons (Fsp3) is 0.190. The van der Waals surface area contributed by atoms with Crippen molar-refractivity contribution in [2.24, 2.45) is 0 Å². The van der Waals surface area contributed by atoms with Gasteiger partial charge in [0.15, 0.2) is 5.78 Å². The summed E-state index contributed by atoms with van der Waals surface area (Å²) in [5, 5.41) is 5.15. The zero-order valence-corrected chi connectivity index (χ0v) is 17.6. The van der Waals surface area contributed by atoms with Gasteiger partial charge in [0.05, 0.1) is 21.3 Å². The van der Waals surface area contributed by atoms with Crippen LogP contribution in [0.3, 0.4) is 0 Å². The third-order valence-corrected chi connectivity index (χ3v) is 5.25. The van der Waals surface area contributed by atoms with Gasteiger partial charge in [-0.3, -0.25) is 9.59 Å². The van der Waals surface area contributed by atoms with Gasteiger partial charge < -0.3 is 0 Å². The molecule has 0 spiro atoms. The highest BCUT2D eigenvalue weighted by molar-refractivity contribution is 6.43. The van der Waals surface area contributed by atoms with E-state index in [0.29, 0.717) is 23.6 Å². The van der Waals surface area contributed by atoms with Gasteiger partial charge in [-0.15, -0.1) is 0 Å². The predicted octanol–water partition coefficient (Wildman–Crippen LogP) is 5.35. The van der Waals surface area contributed by atoms with E-state index < -0.39 is 0 Å². The monoisotopic (exact) mass is 434 g/mol. The maximum absolute atomic E-state index is 13.0. The van der Waals surface area contributed by atoms with Crippen molar-refractivity contribution in [3.05, 3.63) is 95.8 Å². The maximum Gasteiger partial charge on any atom is 0.266 e. The van der Waals surface area contributed by atoms with E-state index in [1.807, 2.05) is 26.0 Å². The molecule has 1 heterocycles. The van der Waals surface area contributed by atoms with Crippen molar-refractivity contribution >= 4 is 40.6 Å². The third-order valence-electron chi connectivity index (χ3n) is 4.44. The van der Waals surface area contributed by atoms with Crippen LogP contribution in [0, 0.1) is 6.92 Å². The lowest BCUT2D eigenvalue weighted by molar-refractivity contribution is 0.103. The van der Waals surface area contributed by atoms with Gasteiger partial charge >= 0.3 is 0 Å². The summed E-state index contributed by atoms with van der Waals surface area (Å²) in [5.41, 5.74) is 3.24. The SMILES string of the molecule is CCn1nc(Cc2cc(C(=O)c3c(Cl)cc(Cl)cc3Cl)ccc2C)ccc1=O. The van der Waals surface area contributed by atoms with Gasteiger partial charge in [-0.05, 0) is 49.2 Å². The molecule has 4 nitrogen and oxygen atoms in total. The minimum atomic E-state index is -0.278. The number of rotatable bonds is 5. The number of carbonyl (C=O) groups excluding carboxylic acids is 1. The van der Waals surface area contributed by atoms with Crippen LogP contribution in [0.5, 0.6) is 0 Å². The normalized spacial score (nSPS) is 10.9. The van der Waals surface area contributed by atoms with Crippen LogP contribution in [0.15, 0.2) is 47.3 Å². The van der Waals surface area contributed by atoms with Crippen LogP contribution in [0.25, 0.3) is 0 Å². The molecule has 2 aromatic carbocycles. The van der Waals surface area contributed by atoms with E-state index in [2.05, 4.69) is 5.10 Å². The molecule has 0 saturated heterocycles. The molecule has 0 saturated carbocycles. The lowest BCUT2D eigenvalue weighted by Crippen LogP contribution is -2.22. The highest BCUT2D eigenvalue weighted by Crippen LogP contribution is 2.31. The third kappa shape index (κ3) is 4.30. The van der Waals surface area contributed by atoms with Crippen LogP contribution < -0.4 is 5.56 Å². The molecule has 0 aliphatic heterocycles. The van der Waals surface area contributed by atoms with E-state index in [1.54, 1.807) is 12.1 Å². The molecular weight excluding hydrogens is 419 g/mol. The average Bonchev–Trinajstić information content (AvgIpc) is 2.64. The molecule has 0 amide bonds. The Hall–Kier alpha value is -2.14. The van der Waals surface area contributed by atoms with Crippen molar-refractivity contribution in [2.45, 2.75) is 26.8 Å². The fourth-order valence-electron chi connectivity index (χ4n) is 2.91. The molecule has 0 fully saturated rings. The largest absolute Gasteiger partial charge is 0.288 e. The van der Waals surface area contributed by atoms with E-state index in [-0.39, 0.29) is 27.0 Å². The number of aromatic nitrogens is 2. The Labute approximate surface area is 177 Å². The standard InChI is InChI=1S/C21H17Cl3N2O2/c1-3-26-19(27)7-6-16(25-26)9-14-8-13(5-4-12(14)2)21(28)20-17(23)10-15(22)11-18(20)24/h4-8,10-11H,3,9H2,1-2H3. The lowest BCUT2D eigenvalue weighted by Gasteiger charge is -2.11. The van der Waals surface area contributed by atoms with Crippen LogP contribution in [0.4, 0.5) is 0 Å². The molecule has 0 atom stereocenters. The van der Waals surface area contributed by atoms with Crippen molar-refractivity contribution in [2.75, 3.05) is 0 Å². The number of carbonyl (C=O) groups is 1.